The molecule has 0 fully saturated rings. The number of nitriles is 1. The van der Waals surface area contributed by atoms with Crippen molar-refractivity contribution >= 4 is 26.4 Å². The predicted molar refractivity (Wildman–Crippen MR) is 82.0 cm³/mol. The van der Waals surface area contributed by atoms with Crippen molar-refractivity contribution in [3.05, 3.63) is 59.7 Å². The monoisotopic (exact) mass is 280 g/mol. The van der Waals surface area contributed by atoms with Gasteiger partial charge >= 0.3 is 0 Å². The fraction of sp³-hybridized carbons (Fsp3) is 0.0625. The molecule has 2 N–H and O–H groups in total. The Morgan fingerprint density at radius 3 is 2.70 bits per heavy atom. The standard InChI is InChI=1S/C16H12N2OS/c17-9-14-13-7-6-12(19)8-15(13)20-16(14)18-10-11-4-2-1-3-5-11/h1-8,18-19H,10H2. The molecule has 0 aliphatic heterocycles. The van der Waals surface area contributed by atoms with Crippen molar-refractivity contribution in [1.29, 1.82) is 5.26 Å². The molecule has 2 aromatic carbocycles. The molecule has 1 heterocycles. The molecule has 98 valence electrons. The van der Waals surface area contributed by atoms with E-state index in [1.807, 2.05) is 30.3 Å². The van der Waals surface area contributed by atoms with E-state index in [0.29, 0.717) is 12.1 Å². The maximum absolute atomic E-state index is 9.51. The molecule has 0 aliphatic carbocycles. The third-order valence-electron chi connectivity index (χ3n) is 3.08. The molecule has 0 atom stereocenters. The molecule has 0 saturated carbocycles. The molecule has 0 spiro atoms. The molecular weight excluding hydrogens is 268 g/mol. The maximum atomic E-state index is 9.51. The number of benzene rings is 2. The maximum Gasteiger partial charge on any atom is 0.117 e. The van der Waals surface area contributed by atoms with Crippen LogP contribution >= 0.6 is 11.3 Å². The summed E-state index contributed by atoms with van der Waals surface area (Å²) in [6.07, 6.45) is 0. The van der Waals surface area contributed by atoms with E-state index in [9.17, 15) is 10.4 Å². The first kappa shape index (κ1) is 12.5. The van der Waals surface area contributed by atoms with Gasteiger partial charge in [0.05, 0.1) is 5.56 Å². The predicted octanol–water partition coefficient (Wildman–Crippen LogP) is 4.09. The van der Waals surface area contributed by atoms with Gasteiger partial charge in [0.15, 0.2) is 0 Å². The van der Waals surface area contributed by atoms with Gasteiger partial charge in [-0.05, 0) is 23.8 Å². The molecule has 0 aliphatic rings. The van der Waals surface area contributed by atoms with Crippen LogP contribution in [0.2, 0.25) is 0 Å². The van der Waals surface area contributed by atoms with Crippen molar-refractivity contribution in [1.82, 2.24) is 0 Å². The minimum atomic E-state index is 0.220. The summed E-state index contributed by atoms with van der Waals surface area (Å²) >= 11 is 1.49. The van der Waals surface area contributed by atoms with Crippen LogP contribution in [0.5, 0.6) is 5.75 Å². The Morgan fingerprint density at radius 1 is 1.15 bits per heavy atom. The van der Waals surface area contributed by atoms with Crippen LogP contribution in [0.25, 0.3) is 10.1 Å². The van der Waals surface area contributed by atoms with Crippen LogP contribution < -0.4 is 5.32 Å². The fourth-order valence-corrected chi connectivity index (χ4v) is 3.18. The van der Waals surface area contributed by atoms with Crippen molar-refractivity contribution in [3.63, 3.8) is 0 Å². The number of anilines is 1. The topological polar surface area (TPSA) is 56.0 Å². The van der Waals surface area contributed by atoms with Gasteiger partial charge in [0.1, 0.15) is 16.8 Å². The Labute approximate surface area is 120 Å². The highest BCUT2D eigenvalue weighted by molar-refractivity contribution is 7.23. The number of hydrogen-bond acceptors (Lipinski definition) is 4. The average Bonchev–Trinajstić information content (AvgIpc) is 2.82. The lowest BCUT2D eigenvalue weighted by Crippen LogP contribution is -1.98. The molecule has 3 rings (SSSR count). The highest BCUT2D eigenvalue weighted by Gasteiger charge is 2.12. The Bertz CT molecular complexity index is 787. The molecule has 4 heteroatoms. The van der Waals surface area contributed by atoms with Gasteiger partial charge in [0, 0.05) is 16.6 Å². The van der Waals surface area contributed by atoms with Crippen molar-refractivity contribution in [3.8, 4) is 11.8 Å². The van der Waals surface area contributed by atoms with Gasteiger partial charge in [-0.25, -0.2) is 0 Å². The van der Waals surface area contributed by atoms with Gasteiger partial charge in [0.25, 0.3) is 0 Å². The number of nitrogens with one attached hydrogen (secondary N) is 1. The molecule has 20 heavy (non-hydrogen) atoms. The second kappa shape index (κ2) is 5.24. The van der Waals surface area contributed by atoms with Crippen molar-refractivity contribution in [2.75, 3.05) is 5.32 Å². The normalized spacial score (nSPS) is 10.3. The van der Waals surface area contributed by atoms with Crippen LogP contribution in [-0.4, -0.2) is 5.11 Å². The summed E-state index contributed by atoms with van der Waals surface area (Å²) in [4.78, 5) is 0. The summed E-state index contributed by atoms with van der Waals surface area (Å²) < 4.78 is 0.914. The zero-order valence-electron chi connectivity index (χ0n) is 10.6. The molecule has 0 saturated heterocycles. The second-order valence-electron chi connectivity index (χ2n) is 4.44. The average molecular weight is 280 g/mol. The fourth-order valence-electron chi connectivity index (χ4n) is 2.10. The number of thiophene rings is 1. The Kier molecular flexibility index (Phi) is 3.28. The van der Waals surface area contributed by atoms with E-state index in [2.05, 4.69) is 11.4 Å². The van der Waals surface area contributed by atoms with Gasteiger partial charge < -0.3 is 10.4 Å². The molecule has 0 unspecified atom stereocenters. The molecule has 0 radical (unpaired) electrons. The highest BCUT2D eigenvalue weighted by Crippen LogP contribution is 2.37. The number of rotatable bonds is 3. The van der Waals surface area contributed by atoms with E-state index in [1.54, 1.807) is 18.2 Å². The number of fused-ring (bicyclic) bond motifs is 1. The summed E-state index contributed by atoms with van der Waals surface area (Å²) in [6.45, 7) is 0.675. The van der Waals surface area contributed by atoms with Crippen LogP contribution in [0.1, 0.15) is 11.1 Å². The lowest BCUT2D eigenvalue weighted by molar-refractivity contribution is 0.476. The van der Waals surface area contributed by atoms with Crippen molar-refractivity contribution < 1.29 is 5.11 Å². The van der Waals surface area contributed by atoms with E-state index < -0.39 is 0 Å². The Morgan fingerprint density at radius 2 is 1.95 bits per heavy atom. The van der Waals surface area contributed by atoms with Crippen LogP contribution in [0.3, 0.4) is 0 Å². The summed E-state index contributed by atoms with van der Waals surface area (Å²) in [6, 6.07) is 17.4. The van der Waals surface area contributed by atoms with Crippen LogP contribution in [0.4, 0.5) is 5.00 Å². The van der Waals surface area contributed by atoms with E-state index in [0.717, 1.165) is 20.7 Å². The van der Waals surface area contributed by atoms with Crippen molar-refractivity contribution in [2.24, 2.45) is 0 Å². The molecular formula is C16H12N2OS. The van der Waals surface area contributed by atoms with Crippen molar-refractivity contribution in [2.45, 2.75) is 6.54 Å². The molecule has 0 amide bonds. The third-order valence-corrected chi connectivity index (χ3v) is 4.19. The highest BCUT2D eigenvalue weighted by atomic mass is 32.1. The zero-order chi connectivity index (χ0) is 13.9. The van der Waals surface area contributed by atoms with E-state index >= 15 is 0 Å². The first-order chi connectivity index (χ1) is 9.78. The third kappa shape index (κ3) is 2.31. The summed E-state index contributed by atoms with van der Waals surface area (Å²) in [7, 11) is 0. The smallest absolute Gasteiger partial charge is 0.117 e. The van der Waals surface area contributed by atoms with E-state index in [4.69, 9.17) is 0 Å². The molecule has 3 nitrogen and oxygen atoms in total. The van der Waals surface area contributed by atoms with Gasteiger partial charge in [-0.3, -0.25) is 0 Å². The summed E-state index contributed by atoms with van der Waals surface area (Å²) in [5.41, 5.74) is 1.80. The van der Waals surface area contributed by atoms with E-state index in [1.165, 1.54) is 11.3 Å². The molecule has 1 aromatic heterocycles. The first-order valence-corrected chi connectivity index (χ1v) is 7.03. The Hall–Kier alpha value is -2.51. The largest absolute Gasteiger partial charge is 0.508 e. The quantitative estimate of drug-likeness (QED) is 0.759. The van der Waals surface area contributed by atoms with E-state index in [-0.39, 0.29) is 5.75 Å². The minimum Gasteiger partial charge on any atom is -0.508 e. The molecule has 3 aromatic rings. The first-order valence-electron chi connectivity index (χ1n) is 6.21. The van der Waals surface area contributed by atoms with Crippen LogP contribution in [-0.2, 0) is 6.54 Å². The van der Waals surface area contributed by atoms with Crippen LogP contribution in [0, 0.1) is 11.3 Å². The number of phenols is 1. The van der Waals surface area contributed by atoms with Crippen LogP contribution in [0.15, 0.2) is 48.5 Å². The van der Waals surface area contributed by atoms with Gasteiger partial charge in [-0.2, -0.15) is 5.26 Å². The lowest BCUT2D eigenvalue weighted by atomic mass is 10.1. The second-order valence-corrected chi connectivity index (χ2v) is 5.49. The minimum absolute atomic E-state index is 0.220. The van der Waals surface area contributed by atoms with Gasteiger partial charge in [-0.15, -0.1) is 11.3 Å². The number of nitrogens with zero attached hydrogens (tertiary/aromatic N) is 1. The SMILES string of the molecule is N#Cc1c(NCc2ccccc2)sc2cc(O)ccc12. The number of hydrogen-bond donors (Lipinski definition) is 2. The van der Waals surface area contributed by atoms with Gasteiger partial charge in [-0.1, -0.05) is 30.3 Å². The summed E-state index contributed by atoms with van der Waals surface area (Å²) in [5, 5.41) is 23.9. The molecule has 0 bridgehead atoms. The Balaban J connectivity index is 1.93. The lowest BCUT2D eigenvalue weighted by Gasteiger charge is -2.03. The summed E-state index contributed by atoms with van der Waals surface area (Å²) in [5.74, 6) is 0.220. The van der Waals surface area contributed by atoms with Gasteiger partial charge in [0.2, 0.25) is 0 Å². The number of aromatic hydroxyl groups is 1. The number of phenolic OH excluding ortho intramolecular Hbond substituents is 1. The zero-order valence-corrected chi connectivity index (χ0v) is 11.4.